The zero-order valence-corrected chi connectivity index (χ0v) is 17.2. The van der Waals surface area contributed by atoms with Gasteiger partial charge in [-0.2, -0.15) is 0 Å². The molecule has 148 valence electrons. The number of nitrogens with zero attached hydrogens (tertiary/aromatic N) is 1. The van der Waals surface area contributed by atoms with Gasteiger partial charge in [0.25, 0.3) is 0 Å². The average molecular weight is 377 g/mol. The zero-order valence-electron chi connectivity index (χ0n) is 17.2. The fourth-order valence-electron chi connectivity index (χ4n) is 5.52. The molecule has 4 aliphatic rings. The smallest absolute Gasteiger partial charge is 0.180 e. The summed E-state index contributed by atoms with van der Waals surface area (Å²) in [6, 6.07) is 6.53. The fourth-order valence-corrected chi connectivity index (χ4v) is 5.52. The number of hydrogen-bond acceptors (Lipinski definition) is 3. The molecule has 0 amide bonds. The van der Waals surface area contributed by atoms with Gasteiger partial charge < -0.3 is 5.32 Å². The van der Waals surface area contributed by atoms with E-state index in [0.29, 0.717) is 11.7 Å². The predicted molar refractivity (Wildman–Crippen MR) is 115 cm³/mol. The summed E-state index contributed by atoms with van der Waals surface area (Å²) in [7, 11) is 0. The van der Waals surface area contributed by atoms with Gasteiger partial charge in [-0.1, -0.05) is 32.1 Å². The summed E-state index contributed by atoms with van der Waals surface area (Å²) in [4.78, 5) is 15.9. The summed E-state index contributed by atoms with van der Waals surface area (Å²) in [5.41, 5.74) is 4.82. The molecule has 0 aromatic heterocycles. The number of benzene rings is 1. The van der Waals surface area contributed by atoms with Crippen LogP contribution in [-0.2, 0) is 5.41 Å². The maximum absolute atomic E-state index is 13.4. The largest absolute Gasteiger partial charge is 0.381 e. The third kappa shape index (κ3) is 3.04. The topological polar surface area (TPSA) is 32.3 Å². The quantitative estimate of drug-likeness (QED) is 0.789. The summed E-state index contributed by atoms with van der Waals surface area (Å²) in [5.74, 6) is 1.56. The molecule has 1 aromatic rings. The lowest BCUT2D eigenvalue weighted by molar-refractivity contribution is 0.0266. The van der Waals surface area contributed by atoms with Gasteiger partial charge in [0.1, 0.15) is 0 Å². The first-order chi connectivity index (χ1) is 13.6. The van der Waals surface area contributed by atoms with Crippen molar-refractivity contribution in [2.24, 2.45) is 11.8 Å². The summed E-state index contributed by atoms with van der Waals surface area (Å²) >= 11 is 0. The number of carbonyl (C=O) groups excluding carboxylic acids is 1. The molecule has 5 rings (SSSR count). The van der Waals surface area contributed by atoms with Crippen LogP contribution in [0.2, 0.25) is 0 Å². The number of hydrogen-bond donors (Lipinski definition) is 1. The fraction of sp³-hybridized carbons (Fsp3) is 0.560. The van der Waals surface area contributed by atoms with E-state index in [-0.39, 0.29) is 11.5 Å². The predicted octanol–water partition coefficient (Wildman–Crippen LogP) is 4.95. The van der Waals surface area contributed by atoms with Crippen LogP contribution in [0.3, 0.4) is 0 Å². The number of nitrogens with one attached hydrogen (secondary N) is 1. The first kappa shape index (κ1) is 18.2. The second-order valence-electron chi connectivity index (χ2n) is 9.58. The standard InChI is InChI=1S/C25H32N2O/c1-17-23-24(28)21-11-10-20(26-15-18-6-4-3-5-7-18)14-22(21)25(17,2)12-13-27(23)16-19-8-9-19/h4,6-7,10-11,14,17,19,23,26H,3,5,8-9,12-13,15-16H2,1-2H3. The minimum absolute atomic E-state index is 0.0724. The van der Waals surface area contributed by atoms with E-state index >= 15 is 0 Å². The van der Waals surface area contributed by atoms with Crippen LogP contribution in [0.15, 0.2) is 42.0 Å². The van der Waals surface area contributed by atoms with Crippen molar-refractivity contribution in [1.29, 1.82) is 0 Å². The van der Waals surface area contributed by atoms with Crippen molar-refractivity contribution in [1.82, 2.24) is 4.90 Å². The van der Waals surface area contributed by atoms with Crippen LogP contribution < -0.4 is 5.32 Å². The van der Waals surface area contributed by atoms with Crippen molar-refractivity contribution in [2.45, 2.75) is 57.4 Å². The first-order valence-corrected chi connectivity index (χ1v) is 11.1. The van der Waals surface area contributed by atoms with E-state index in [1.54, 1.807) is 0 Å². The van der Waals surface area contributed by atoms with E-state index in [0.717, 1.165) is 56.1 Å². The van der Waals surface area contributed by atoms with E-state index in [9.17, 15) is 4.79 Å². The maximum atomic E-state index is 13.4. The Kier molecular flexibility index (Phi) is 4.46. The molecule has 1 heterocycles. The molecule has 1 aromatic carbocycles. The number of likely N-dealkylation sites (tertiary alicyclic amines) is 1. The van der Waals surface area contributed by atoms with Gasteiger partial charge in [0.05, 0.1) is 6.04 Å². The van der Waals surface area contributed by atoms with Crippen LogP contribution in [-0.4, -0.2) is 36.4 Å². The molecule has 3 aliphatic carbocycles. The van der Waals surface area contributed by atoms with Crippen molar-refractivity contribution in [3.8, 4) is 0 Å². The summed E-state index contributed by atoms with van der Waals surface area (Å²) in [6.45, 7) is 7.73. The van der Waals surface area contributed by atoms with Crippen molar-refractivity contribution in [2.75, 3.05) is 25.0 Å². The molecule has 2 bridgehead atoms. The van der Waals surface area contributed by atoms with Crippen molar-refractivity contribution in [3.63, 3.8) is 0 Å². The Bertz CT molecular complexity index is 850. The number of carbonyl (C=O) groups is 1. The van der Waals surface area contributed by atoms with Crippen molar-refractivity contribution >= 4 is 11.5 Å². The maximum Gasteiger partial charge on any atom is 0.180 e. The van der Waals surface area contributed by atoms with Gasteiger partial charge in [-0.25, -0.2) is 0 Å². The van der Waals surface area contributed by atoms with Crippen LogP contribution in [0.5, 0.6) is 0 Å². The average Bonchev–Trinajstić information content (AvgIpc) is 3.53. The highest BCUT2D eigenvalue weighted by Gasteiger charge is 2.52. The Morgan fingerprint density at radius 3 is 2.86 bits per heavy atom. The number of ketones is 1. The lowest BCUT2D eigenvalue weighted by Gasteiger charge is -2.53. The number of rotatable bonds is 5. The summed E-state index contributed by atoms with van der Waals surface area (Å²) in [6.07, 6.45) is 12.9. The van der Waals surface area contributed by atoms with E-state index in [2.05, 4.69) is 60.5 Å². The van der Waals surface area contributed by atoms with Crippen molar-refractivity contribution in [3.05, 3.63) is 53.1 Å². The van der Waals surface area contributed by atoms with Crippen LogP contribution in [0.1, 0.15) is 61.9 Å². The van der Waals surface area contributed by atoms with Crippen LogP contribution in [0, 0.1) is 11.8 Å². The molecule has 3 nitrogen and oxygen atoms in total. The molecule has 1 N–H and O–H groups in total. The molecule has 3 unspecified atom stereocenters. The third-order valence-electron chi connectivity index (χ3n) is 7.72. The minimum atomic E-state index is 0.0724. The normalized spacial score (nSPS) is 32.1. The molecule has 0 radical (unpaired) electrons. The molecule has 1 saturated carbocycles. The zero-order chi connectivity index (χ0) is 19.3. The highest BCUT2D eigenvalue weighted by molar-refractivity contribution is 6.04. The van der Waals surface area contributed by atoms with E-state index < -0.39 is 0 Å². The molecule has 0 spiro atoms. The summed E-state index contributed by atoms with van der Waals surface area (Å²) in [5, 5.41) is 3.59. The number of anilines is 1. The van der Waals surface area contributed by atoms with Crippen LogP contribution >= 0.6 is 0 Å². The number of piperidine rings is 1. The highest BCUT2D eigenvalue weighted by Crippen LogP contribution is 2.49. The lowest BCUT2D eigenvalue weighted by atomic mass is 9.58. The third-order valence-corrected chi connectivity index (χ3v) is 7.72. The minimum Gasteiger partial charge on any atom is -0.381 e. The van der Waals surface area contributed by atoms with E-state index in [1.807, 2.05) is 0 Å². The number of fused-ring (bicyclic) bond motifs is 4. The van der Waals surface area contributed by atoms with Crippen molar-refractivity contribution < 1.29 is 4.79 Å². The van der Waals surface area contributed by atoms with Gasteiger partial charge in [-0.15, -0.1) is 0 Å². The summed E-state index contributed by atoms with van der Waals surface area (Å²) < 4.78 is 0. The van der Waals surface area contributed by atoms with Gasteiger partial charge in [-0.3, -0.25) is 9.69 Å². The van der Waals surface area contributed by atoms with Gasteiger partial charge in [-0.05, 0) is 85.2 Å². The number of allylic oxidation sites excluding steroid dienone is 2. The Morgan fingerprint density at radius 1 is 1.25 bits per heavy atom. The van der Waals surface area contributed by atoms with Crippen LogP contribution in [0.4, 0.5) is 5.69 Å². The molecular weight excluding hydrogens is 344 g/mol. The highest BCUT2D eigenvalue weighted by atomic mass is 16.1. The molecular formula is C25H32N2O. The first-order valence-electron chi connectivity index (χ1n) is 11.1. The number of Topliss-reactive ketones (excluding diaryl/α,β-unsaturated/α-hetero) is 1. The van der Waals surface area contributed by atoms with Gasteiger partial charge >= 0.3 is 0 Å². The van der Waals surface area contributed by atoms with Gasteiger partial charge in [0, 0.05) is 24.3 Å². The Labute approximate surface area is 168 Å². The monoisotopic (exact) mass is 376 g/mol. The Hall–Kier alpha value is -1.87. The molecule has 3 heteroatoms. The second kappa shape index (κ2) is 6.88. The van der Waals surface area contributed by atoms with Crippen LogP contribution in [0.25, 0.3) is 0 Å². The van der Waals surface area contributed by atoms with E-state index in [4.69, 9.17) is 0 Å². The molecule has 1 saturated heterocycles. The Morgan fingerprint density at radius 2 is 2.11 bits per heavy atom. The van der Waals surface area contributed by atoms with Gasteiger partial charge in [0.2, 0.25) is 0 Å². The molecule has 2 fully saturated rings. The molecule has 28 heavy (non-hydrogen) atoms. The molecule has 1 aliphatic heterocycles. The lowest BCUT2D eigenvalue weighted by Crippen LogP contribution is -2.61. The van der Waals surface area contributed by atoms with E-state index in [1.165, 1.54) is 24.0 Å². The van der Waals surface area contributed by atoms with Gasteiger partial charge in [0.15, 0.2) is 5.78 Å². The second-order valence-corrected chi connectivity index (χ2v) is 9.58. The Balaban J connectivity index is 1.42. The molecule has 3 atom stereocenters. The SMILES string of the molecule is CC1C2C(=O)c3ccc(NCC4=CCCC=C4)cc3C1(C)CCN2CC1CC1.